The van der Waals surface area contributed by atoms with E-state index in [-0.39, 0.29) is 0 Å². The van der Waals surface area contributed by atoms with Crippen LogP contribution in [0.3, 0.4) is 0 Å². The van der Waals surface area contributed by atoms with Crippen LogP contribution in [0.15, 0.2) is 29.3 Å². The van der Waals surface area contributed by atoms with Crippen LogP contribution in [-0.2, 0) is 0 Å². The Morgan fingerprint density at radius 2 is 2.06 bits per heavy atom. The summed E-state index contributed by atoms with van der Waals surface area (Å²) in [6.45, 7) is 1.96. The maximum atomic E-state index is 4.67. The van der Waals surface area contributed by atoms with Crippen LogP contribution in [0, 0.1) is 0 Å². The number of rotatable bonds is 5. The van der Waals surface area contributed by atoms with Gasteiger partial charge in [-0.05, 0) is 25.3 Å². The van der Waals surface area contributed by atoms with Crippen molar-refractivity contribution in [2.45, 2.75) is 0 Å². The van der Waals surface area contributed by atoms with Crippen molar-refractivity contribution in [3.8, 4) is 0 Å². The Morgan fingerprint density at radius 1 is 1.38 bits per heavy atom. The maximum Gasteiger partial charge on any atom is 0.159 e. The zero-order chi connectivity index (χ0) is 12.0. The molecule has 0 bridgehead atoms. The van der Waals surface area contributed by atoms with Gasteiger partial charge in [0.25, 0.3) is 0 Å². The van der Waals surface area contributed by atoms with Crippen molar-refractivity contribution in [2.75, 3.05) is 34.2 Å². The Hall–Kier alpha value is -1.06. The molecule has 1 aromatic rings. The quantitative estimate of drug-likeness (QED) is 0.481. The number of likely N-dealkylation sites (N-methyl/N-ethyl adjacent to an activating group) is 2. The highest BCUT2D eigenvalue weighted by Crippen LogP contribution is 2.30. The van der Waals surface area contributed by atoms with Crippen molar-refractivity contribution in [2.24, 2.45) is 4.99 Å². The lowest BCUT2D eigenvalue weighted by molar-refractivity contribution is 0.398. The van der Waals surface area contributed by atoms with E-state index in [2.05, 4.69) is 47.9 Å². The third-order valence-electron chi connectivity index (χ3n) is 2.62. The van der Waals surface area contributed by atoms with E-state index in [1.54, 1.807) is 0 Å². The molecule has 4 heteroatoms. The number of isothiocyanates is 1. The molecular weight excluding hydrogens is 218 g/mol. The molecule has 0 radical (unpaired) electrons. The molecule has 3 nitrogen and oxygen atoms in total. The zero-order valence-electron chi connectivity index (χ0n) is 10.0. The third-order valence-corrected chi connectivity index (χ3v) is 2.71. The van der Waals surface area contributed by atoms with E-state index in [1.807, 2.05) is 25.2 Å². The number of nitrogens with one attached hydrogen (secondary N) is 1. The second-order valence-corrected chi connectivity index (χ2v) is 4.39. The Morgan fingerprint density at radius 3 is 2.69 bits per heavy atom. The van der Waals surface area contributed by atoms with Crippen LogP contribution < -0.4 is 9.80 Å². The molecule has 1 rings (SSSR count). The molecule has 0 heterocycles. The highest BCUT2D eigenvalue weighted by Gasteiger charge is 2.21. The van der Waals surface area contributed by atoms with Gasteiger partial charge in [-0.1, -0.05) is 12.1 Å². The highest BCUT2D eigenvalue weighted by atomic mass is 32.1. The molecule has 0 atom stereocenters. The van der Waals surface area contributed by atoms with Crippen molar-refractivity contribution < 1.29 is 0 Å². The molecule has 0 aliphatic rings. The third kappa shape index (κ3) is 3.22. The number of thiocarbonyl (C=S) groups is 1. The first-order chi connectivity index (χ1) is 7.61. The van der Waals surface area contributed by atoms with Crippen molar-refractivity contribution in [1.29, 1.82) is 0 Å². The molecule has 0 unspecified atom stereocenters. The molecule has 0 saturated heterocycles. The van der Waals surface area contributed by atoms with Gasteiger partial charge in [-0.3, -0.25) is 4.48 Å². The minimum atomic E-state index is 0.775. The number of nitrogens with zero attached hydrogens (tertiary/aromatic N) is 2. The fraction of sp³-hybridized carbons (Fsp3) is 0.417. The van der Waals surface area contributed by atoms with E-state index in [4.69, 9.17) is 0 Å². The van der Waals surface area contributed by atoms with Crippen LogP contribution in [0.25, 0.3) is 0 Å². The molecule has 0 aliphatic heterocycles. The lowest BCUT2D eigenvalue weighted by atomic mass is 10.2. The van der Waals surface area contributed by atoms with Crippen LogP contribution in [0.1, 0.15) is 0 Å². The summed E-state index contributed by atoms with van der Waals surface area (Å²) in [4.78, 5) is 4.11. The molecule has 0 aliphatic carbocycles. The fourth-order valence-electron chi connectivity index (χ4n) is 1.63. The van der Waals surface area contributed by atoms with Crippen molar-refractivity contribution >= 4 is 28.8 Å². The topological polar surface area (TPSA) is 24.4 Å². The van der Waals surface area contributed by atoms with Gasteiger partial charge in [0.15, 0.2) is 5.69 Å². The lowest BCUT2D eigenvalue weighted by Crippen LogP contribution is -2.44. The summed E-state index contributed by atoms with van der Waals surface area (Å²) in [5.74, 6) is 0. The second kappa shape index (κ2) is 5.87. The molecule has 0 saturated carbocycles. The first-order valence-electron chi connectivity index (χ1n) is 5.27. The molecule has 0 spiro atoms. The molecule has 1 aromatic carbocycles. The van der Waals surface area contributed by atoms with E-state index in [0.717, 1.165) is 28.9 Å². The van der Waals surface area contributed by atoms with Crippen molar-refractivity contribution in [1.82, 2.24) is 9.80 Å². The summed E-state index contributed by atoms with van der Waals surface area (Å²) in [5.41, 5.74) is 2.06. The van der Waals surface area contributed by atoms with E-state index < -0.39 is 0 Å². The van der Waals surface area contributed by atoms with Crippen molar-refractivity contribution in [3.63, 3.8) is 0 Å². The van der Waals surface area contributed by atoms with E-state index in [9.17, 15) is 0 Å². The van der Waals surface area contributed by atoms with Crippen molar-refractivity contribution in [3.05, 3.63) is 24.3 Å². The Kier molecular flexibility index (Phi) is 4.77. The van der Waals surface area contributed by atoms with Gasteiger partial charge in [-0.15, -0.1) is 0 Å². The minimum Gasteiger partial charge on any atom is -0.315 e. The van der Waals surface area contributed by atoms with Gasteiger partial charge in [-0.25, -0.2) is 0 Å². The normalized spacial score (nSPS) is 10.9. The molecule has 86 valence electrons. The van der Waals surface area contributed by atoms with Gasteiger partial charge in [0, 0.05) is 12.6 Å². The summed E-state index contributed by atoms with van der Waals surface area (Å²) in [5, 5.41) is 5.60. The largest absolute Gasteiger partial charge is 0.315 e. The van der Waals surface area contributed by atoms with Gasteiger partial charge in [0.2, 0.25) is 0 Å². The molecule has 1 N–H and O–H groups in total. The summed E-state index contributed by atoms with van der Waals surface area (Å²) in [6.07, 6.45) is 0. The summed E-state index contributed by atoms with van der Waals surface area (Å²) in [6, 6.07) is 8.04. The Bertz CT molecular complexity index is 395. The van der Waals surface area contributed by atoms with Gasteiger partial charge in [0.05, 0.1) is 25.8 Å². The van der Waals surface area contributed by atoms with Crippen LogP contribution in [-0.4, -0.2) is 39.4 Å². The Labute approximate surface area is 102 Å². The number of aliphatic imine (C=N–C) groups is 1. The second-order valence-electron chi connectivity index (χ2n) is 4.20. The zero-order valence-corrected chi connectivity index (χ0v) is 10.8. The first kappa shape index (κ1) is 13.0. The summed E-state index contributed by atoms with van der Waals surface area (Å²) < 4.78 is 0.775. The number of hydrogen-bond acceptors (Lipinski definition) is 3. The molecule has 0 fully saturated rings. The Balaban J connectivity index is 3.05. The summed E-state index contributed by atoms with van der Waals surface area (Å²) >= 11 is 4.67. The molecular formula is C12H18N3S+. The van der Waals surface area contributed by atoms with Gasteiger partial charge in [-0.2, -0.15) is 4.99 Å². The predicted octanol–water partition coefficient (Wildman–Crippen LogP) is 2.21. The maximum absolute atomic E-state index is 4.67. The minimum absolute atomic E-state index is 0.775. The average Bonchev–Trinajstić information content (AvgIpc) is 2.27. The van der Waals surface area contributed by atoms with Gasteiger partial charge in [0.1, 0.15) is 5.69 Å². The average molecular weight is 236 g/mol. The van der Waals surface area contributed by atoms with E-state index in [1.165, 1.54) is 0 Å². The van der Waals surface area contributed by atoms with E-state index >= 15 is 0 Å². The van der Waals surface area contributed by atoms with Crippen LogP contribution >= 0.6 is 12.2 Å². The number of quaternary nitrogens is 1. The number of para-hydroxylation sites is 2. The first-order valence-corrected chi connectivity index (χ1v) is 5.67. The van der Waals surface area contributed by atoms with Crippen LogP contribution in [0.5, 0.6) is 0 Å². The van der Waals surface area contributed by atoms with Crippen LogP contribution in [0.2, 0.25) is 0 Å². The SMILES string of the molecule is CNCC[N+](C)(C)c1ccccc1N=C=S. The standard InChI is InChI=1S/C12H18N3S/c1-13-8-9-15(2,3)12-7-5-4-6-11(12)14-10-16/h4-7,13H,8-9H2,1-3H3/q+1. The molecule has 16 heavy (non-hydrogen) atoms. The smallest absolute Gasteiger partial charge is 0.159 e. The summed E-state index contributed by atoms with van der Waals surface area (Å²) in [7, 11) is 6.28. The van der Waals surface area contributed by atoms with Gasteiger partial charge < -0.3 is 5.32 Å². The molecule has 0 aromatic heterocycles. The lowest BCUT2D eigenvalue weighted by Gasteiger charge is -2.29. The van der Waals surface area contributed by atoms with E-state index in [0.29, 0.717) is 0 Å². The highest BCUT2D eigenvalue weighted by molar-refractivity contribution is 7.78. The number of hydrogen-bond donors (Lipinski definition) is 1. The molecule has 0 amide bonds. The van der Waals surface area contributed by atoms with Crippen LogP contribution in [0.4, 0.5) is 11.4 Å². The number of benzene rings is 1. The van der Waals surface area contributed by atoms with Gasteiger partial charge >= 0.3 is 0 Å². The monoisotopic (exact) mass is 236 g/mol. The predicted molar refractivity (Wildman–Crippen MR) is 73.6 cm³/mol. The fourth-order valence-corrected chi connectivity index (χ4v) is 1.73.